The van der Waals surface area contributed by atoms with Gasteiger partial charge in [0.25, 0.3) is 0 Å². The minimum Gasteiger partial charge on any atom is -0.439 e. The van der Waals surface area contributed by atoms with Gasteiger partial charge in [-0.25, -0.2) is 14.8 Å². The van der Waals surface area contributed by atoms with E-state index in [4.69, 9.17) is 10.5 Å². The van der Waals surface area contributed by atoms with Crippen LogP contribution in [0.15, 0.2) is 54.9 Å². The van der Waals surface area contributed by atoms with Crippen LogP contribution >= 0.6 is 0 Å². The van der Waals surface area contributed by atoms with Crippen LogP contribution in [0, 0.1) is 6.92 Å². The molecule has 2 amide bonds. The Morgan fingerprint density at radius 1 is 1.03 bits per heavy atom. The van der Waals surface area contributed by atoms with Crippen molar-refractivity contribution in [2.45, 2.75) is 32.0 Å². The summed E-state index contributed by atoms with van der Waals surface area (Å²) < 4.78 is 45.1. The van der Waals surface area contributed by atoms with Crippen molar-refractivity contribution >= 4 is 23.2 Å². The average molecular weight is 486 g/mol. The summed E-state index contributed by atoms with van der Waals surface area (Å²) >= 11 is 0. The van der Waals surface area contributed by atoms with Crippen LogP contribution < -0.4 is 26.0 Å². The minimum absolute atomic E-state index is 0.0376. The van der Waals surface area contributed by atoms with Crippen molar-refractivity contribution < 1.29 is 22.7 Å². The maximum Gasteiger partial charge on any atom is 0.416 e. The largest absolute Gasteiger partial charge is 0.439 e. The number of alkyl halides is 3. The average Bonchev–Trinajstić information content (AvgIpc) is 2.81. The predicted molar refractivity (Wildman–Crippen MR) is 127 cm³/mol. The number of nitrogens with zero attached hydrogens (tertiary/aromatic N) is 3. The number of hydrogen-bond donors (Lipinski definition) is 3. The number of hydrogen-bond acceptors (Lipinski definition) is 6. The molecule has 184 valence electrons. The Hall–Kier alpha value is -3.86. The number of urea groups is 1. The number of nitrogens with one attached hydrogen (secondary N) is 2. The molecule has 0 radical (unpaired) electrons. The summed E-state index contributed by atoms with van der Waals surface area (Å²) in [6.45, 7) is 3.00. The van der Waals surface area contributed by atoms with Gasteiger partial charge in [-0.2, -0.15) is 13.2 Å². The van der Waals surface area contributed by atoms with Gasteiger partial charge in [-0.3, -0.25) is 0 Å². The van der Waals surface area contributed by atoms with Gasteiger partial charge in [-0.15, -0.1) is 0 Å². The number of amides is 2. The van der Waals surface area contributed by atoms with Crippen LogP contribution in [0.1, 0.15) is 24.0 Å². The highest BCUT2D eigenvalue weighted by Gasteiger charge is 2.32. The molecule has 0 bridgehead atoms. The van der Waals surface area contributed by atoms with Crippen molar-refractivity contribution in [1.29, 1.82) is 0 Å². The molecule has 2 heterocycles. The number of benzene rings is 2. The zero-order valence-electron chi connectivity index (χ0n) is 19.0. The summed E-state index contributed by atoms with van der Waals surface area (Å²) in [7, 11) is 0. The van der Waals surface area contributed by atoms with E-state index in [2.05, 4.69) is 25.5 Å². The number of halogens is 3. The second-order valence-corrected chi connectivity index (χ2v) is 8.27. The number of carbonyl (C=O) groups excluding carboxylic acids is 1. The Balaban J connectivity index is 1.35. The Morgan fingerprint density at radius 2 is 1.69 bits per heavy atom. The molecule has 0 saturated carbocycles. The Morgan fingerprint density at radius 3 is 2.37 bits per heavy atom. The second-order valence-electron chi connectivity index (χ2n) is 8.27. The summed E-state index contributed by atoms with van der Waals surface area (Å²) in [4.78, 5) is 22.8. The van der Waals surface area contributed by atoms with Crippen LogP contribution in [0.3, 0.4) is 0 Å². The summed E-state index contributed by atoms with van der Waals surface area (Å²) in [5.74, 6) is 1.64. The zero-order chi connectivity index (χ0) is 25.0. The molecule has 0 unspecified atom stereocenters. The van der Waals surface area contributed by atoms with Crippen LogP contribution in [-0.4, -0.2) is 35.1 Å². The third kappa shape index (κ3) is 6.38. The molecule has 4 rings (SSSR count). The van der Waals surface area contributed by atoms with Crippen molar-refractivity contribution in [2.75, 3.05) is 28.6 Å². The number of anilines is 3. The van der Waals surface area contributed by atoms with Gasteiger partial charge in [0.05, 0.1) is 5.56 Å². The van der Waals surface area contributed by atoms with Gasteiger partial charge in [-0.1, -0.05) is 6.07 Å². The first-order chi connectivity index (χ1) is 16.7. The van der Waals surface area contributed by atoms with Crippen LogP contribution in [0.2, 0.25) is 0 Å². The molecule has 0 aliphatic carbocycles. The van der Waals surface area contributed by atoms with Crippen molar-refractivity contribution in [3.05, 3.63) is 66.0 Å². The maximum absolute atomic E-state index is 13.1. The number of nitrogens with two attached hydrogens (primary N) is 1. The maximum atomic E-state index is 13.1. The van der Waals surface area contributed by atoms with Gasteiger partial charge in [0.2, 0.25) is 5.88 Å². The number of piperidine rings is 1. The van der Waals surface area contributed by atoms with Gasteiger partial charge in [0, 0.05) is 36.6 Å². The molecular weight excluding hydrogens is 461 g/mol. The van der Waals surface area contributed by atoms with Crippen LogP contribution in [0.25, 0.3) is 0 Å². The Labute approximate surface area is 200 Å². The SMILES string of the molecule is Cc1ccc(NC(=O)Nc2ccc(Oc3cc(N4CCC(N)CC4)ncn3)cc2)cc1C(F)(F)F. The lowest BCUT2D eigenvalue weighted by Crippen LogP contribution is -2.40. The third-order valence-corrected chi connectivity index (χ3v) is 5.63. The standard InChI is InChI=1S/C24H25F3N6O2/c1-15-2-3-18(12-20(15)24(25,26)27)32-23(34)31-17-4-6-19(7-5-17)35-22-13-21(29-14-30-22)33-10-8-16(28)9-11-33/h2-7,12-14,16H,8-11,28H2,1H3,(H2,31,32,34). The minimum atomic E-state index is -4.50. The van der Waals surface area contributed by atoms with Gasteiger partial charge < -0.3 is 26.0 Å². The van der Waals surface area contributed by atoms with E-state index in [0.717, 1.165) is 37.8 Å². The van der Waals surface area contributed by atoms with E-state index in [1.165, 1.54) is 25.4 Å². The zero-order valence-corrected chi connectivity index (χ0v) is 19.0. The number of aromatic nitrogens is 2. The number of ether oxygens (including phenoxy) is 1. The van der Waals surface area contributed by atoms with Crippen molar-refractivity contribution in [2.24, 2.45) is 5.73 Å². The molecule has 1 aromatic heterocycles. The van der Waals surface area contributed by atoms with E-state index in [1.807, 2.05) is 0 Å². The molecule has 1 aliphatic rings. The summed E-state index contributed by atoms with van der Waals surface area (Å²) in [6.07, 6.45) is -1.26. The monoisotopic (exact) mass is 486 g/mol. The summed E-state index contributed by atoms with van der Waals surface area (Å²) in [5, 5.41) is 4.99. The molecular formula is C24H25F3N6O2. The summed E-state index contributed by atoms with van der Waals surface area (Å²) in [6, 6.07) is 11.4. The second kappa shape index (κ2) is 10.2. The summed E-state index contributed by atoms with van der Waals surface area (Å²) in [5.41, 5.74) is 5.71. The van der Waals surface area contributed by atoms with Gasteiger partial charge in [0.15, 0.2) is 0 Å². The molecule has 1 fully saturated rings. The predicted octanol–water partition coefficient (Wildman–Crippen LogP) is 5.17. The molecule has 4 N–H and O–H groups in total. The van der Waals surface area contributed by atoms with Crippen LogP contribution in [0.4, 0.5) is 35.2 Å². The van der Waals surface area contributed by atoms with Gasteiger partial charge in [-0.05, 0) is 61.7 Å². The fourth-order valence-electron chi connectivity index (χ4n) is 3.71. The molecule has 1 aliphatic heterocycles. The number of rotatable bonds is 5. The van der Waals surface area contributed by atoms with Gasteiger partial charge >= 0.3 is 12.2 Å². The number of aryl methyl sites for hydroxylation is 1. The lowest BCUT2D eigenvalue weighted by Gasteiger charge is -2.30. The molecule has 2 aromatic carbocycles. The lowest BCUT2D eigenvalue weighted by molar-refractivity contribution is -0.138. The highest BCUT2D eigenvalue weighted by Crippen LogP contribution is 2.33. The normalized spacial score (nSPS) is 14.5. The smallest absolute Gasteiger partial charge is 0.416 e. The molecule has 11 heteroatoms. The van der Waals surface area contributed by atoms with E-state index in [-0.39, 0.29) is 17.3 Å². The first-order valence-electron chi connectivity index (χ1n) is 11.0. The van der Waals surface area contributed by atoms with Crippen LogP contribution in [-0.2, 0) is 6.18 Å². The topological polar surface area (TPSA) is 105 Å². The highest BCUT2D eigenvalue weighted by molar-refractivity contribution is 5.99. The first kappa shape index (κ1) is 24.3. The molecule has 0 spiro atoms. The third-order valence-electron chi connectivity index (χ3n) is 5.63. The lowest BCUT2D eigenvalue weighted by atomic mass is 10.1. The number of carbonyl (C=O) groups is 1. The molecule has 0 atom stereocenters. The molecule has 1 saturated heterocycles. The Bertz CT molecular complexity index is 1180. The fraction of sp³-hybridized carbons (Fsp3) is 0.292. The van der Waals surface area contributed by atoms with Crippen molar-refractivity contribution in [1.82, 2.24) is 9.97 Å². The van der Waals surface area contributed by atoms with Crippen LogP contribution in [0.5, 0.6) is 11.6 Å². The van der Waals surface area contributed by atoms with E-state index < -0.39 is 17.8 Å². The highest BCUT2D eigenvalue weighted by atomic mass is 19.4. The first-order valence-corrected chi connectivity index (χ1v) is 11.0. The van der Waals surface area contributed by atoms with E-state index in [1.54, 1.807) is 30.3 Å². The molecule has 3 aromatic rings. The molecule has 35 heavy (non-hydrogen) atoms. The van der Waals surface area contributed by atoms with Gasteiger partial charge in [0.1, 0.15) is 17.9 Å². The fourth-order valence-corrected chi connectivity index (χ4v) is 3.71. The Kier molecular flexibility index (Phi) is 7.06. The quantitative estimate of drug-likeness (QED) is 0.460. The molecule has 8 nitrogen and oxygen atoms in total. The van der Waals surface area contributed by atoms with E-state index in [0.29, 0.717) is 17.3 Å². The van der Waals surface area contributed by atoms with Crippen molar-refractivity contribution in [3.63, 3.8) is 0 Å². The van der Waals surface area contributed by atoms with E-state index >= 15 is 0 Å². The van der Waals surface area contributed by atoms with Crippen molar-refractivity contribution in [3.8, 4) is 11.6 Å². The van der Waals surface area contributed by atoms with E-state index in [9.17, 15) is 18.0 Å².